The van der Waals surface area contributed by atoms with Crippen molar-refractivity contribution >= 4 is 5.97 Å². The molecule has 0 saturated heterocycles. The summed E-state index contributed by atoms with van der Waals surface area (Å²) in [6, 6.07) is 8.19. The highest BCUT2D eigenvalue weighted by atomic mass is 16.6. The maximum absolute atomic E-state index is 11.1. The monoisotopic (exact) mass is 274 g/mol. The summed E-state index contributed by atoms with van der Waals surface area (Å²) in [4.78, 5) is 11.1. The third kappa shape index (κ3) is 4.72. The number of benzene rings is 1. The lowest BCUT2D eigenvalue weighted by Crippen LogP contribution is -2.26. The Labute approximate surface area is 120 Å². The Balaban J connectivity index is 1.76. The van der Waals surface area contributed by atoms with Crippen molar-refractivity contribution in [3.63, 3.8) is 0 Å². The molecular formula is C17H22O3. The first-order valence-electron chi connectivity index (χ1n) is 7.37. The van der Waals surface area contributed by atoms with Crippen LogP contribution in [0.2, 0.25) is 0 Å². The van der Waals surface area contributed by atoms with Crippen LogP contribution < -0.4 is 4.74 Å². The summed E-state index contributed by atoms with van der Waals surface area (Å²) in [5, 5.41) is 0. The summed E-state index contributed by atoms with van der Waals surface area (Å²) in [5.41, 5.74) is 1.35. The lowest BCUT2D eigenvalue weighted by molar-refractivity contribution is -0.145. The molecule has 0 spiro atoms. The van der Waals surface area contributed by atoms with Crippen LogP contribution in [-0.2, 0) is 16.0 Å². The maximum Gasteiger partial charge on any atom is 0.330 e. The van der Waals surface area contributed by atoms with Crippen LogP contribution in [0.3, 0.4) is 0 Å². The van der Waals surface area contributed by atoms with Crippen molar-refractivity contribution in [3.05, 3.63) is 42.0 Å². The Morgan fingerprint density at radius 3 is 2.75 bits per heavy atom. The van der Waals surface area contributed by atoms with Crippen LogP contribution in [0.15, 0.2) is 36.4 Å². The van der Waals surface area contributed by atoms with Gasteiger partial charge in [-0.1, -0.05) is 38.0 Å². The van der Waals surface area contributed by atoms with E-state index in [1.165, 1.54) is 30.9 Å². The summed E-state index contributed by atoms with van der Waals surface area (Å²) in [6.45, 7) is 2.62. The smallest absolute Gasteiger partial charge is 0.330 e. The fraction of sp³-hybridized carbons (Fsp3) is 0.471. The number of hydrogen-bond donors (Lipinski definition) is 0. The van der Waals surface area contributed by atoms with Crippen LogP contribution in [0, 0.1) is 0 Å². The largest absolute Gasteiger partial charge is 0.490 e. The van der Waals surface area contributed by atoms with Crippen molar-refractivity contribution in [1.29, 1.82) is 0 Å². The summed E-state index contributed by atoms with van der Waals surface area (Å²) in [5.74, 6) is 0.547. The van der Waals surface area contributed by atoms with Gasteiger partial charge in [-0.3, -0.25) is 0 Å². The van der Waals surface area contributed by atoms with Gasteiger partial charge in [0.15, 0.2) is 0 Å². The molecular weight excluding hydrogens is 252 g/mol. The first-order chi connectivity index (χ1) is 9.78. The number of ether oxygens (including phenoxy) is 2. The molecule has 108 valence electrons. The van der Waals surface area contributed by atoms with E-state index >= 15 is 0 Å². The fourth-order valence-electron chi connectivity index (χ4n) is 2.19. The first-order valence-corrected chi connectivity index (χ1v) is 7.37. The molecule has 0 amide bonds. The molecule has 1 aromatic rings. The van der Waals surface area contributed by atoms with Gasteiger partial charge in [0.1, 0.15) is 18.5 Å². The molecule has 3 heteroatoms. The molecule has 1 heterocycles. The molecule has 0 fully saturated rings. The summed E-state index contributed by atoms with van der Waals surface area (Å²) >= 11 is 0. The van der Waals surface area contributed by atoms with E-state index in [-0.39, 0.29) is 12.1 Å². The maximum atomic E-state index is 11.1. The highest BCUT2D eigenvalue weighted by Gasteiger charge is 2.16. The van der Waals surface area contributed by atoms with E-state index in [0.717, 1.165) is 18.6 Å². The Hall–Kier alpha value is -1.77. The number of carbonyl (C=O) groups excluding carboxylic acids is 1. The molecule has 0 saturated carbocycles. The van der Waals surface area contributed by atoms with Crippen LogP contribution >= 0.6 is 0 Å². The second-order valence-electron chi connectivity index (χ2n) is 5.11. The summed E-state index contributed by atoms with van der Waals surface area (Å²) < 4.78 is 10.8. The molecule has 0 radical (unpaired) electrons. The van der Waals surface area contributed by atoms with Gasteiger partial charge in [-0.2, -0.15) is 0 Å². The molecule has 1 aliphatic rings. The quantitative estimate of drug-likeness (QED) is 0.562. The highest BCUT2D eigenvalue weighted by molar-refractivity contribution is 5.82. The van der Waals surface area contributed by atoms with Gasteiger partial charge < -0.3 is 9.47 Å². The lowest BCUT2D eigenvalue weighted by atomic mass is 10.1. The topological polar surface area (TPSA) is 35.5 Å². The predicted octanol–water partition coefficient (Wildman–Crippen LogP) is 3.67. The zero-order valence-corrected chi connectivity index (χ0v) is 12.0. The molecule has 1 atom stereocenters. The molecule has 3 nitrogen and oxygen atoms in total. The molecule has 2 rings (SSSR count). The molecule has 0 N–H and O–H groups in total. The van der Waals surface area contributed by atoms with Crippen LogP contribution in [0.1, 0.15) is 38.2 Å². The van der Waals surface area contributed by atoms with Crippen LogP contribution in [0.25, 0.3) is 0 Å². The van der Waals surface area contributed by atoms with Gasteiger partial charge in [-0.15, -0.1) is 0 Å². The van der Waals surface area contributed by atoms with Crippen molar-refractivity contribution in [1.82, 2.24) is 0 Å². The lowest BCUT2D eigenvalue weighted by Gasteiger charge is -2.19. The van der Waals surface area contributed by atoms with Crippen molar-refractivity contribution < 1.29 is 14.3 Å². The third-order valence-electron chi connectivity index (χ3n) is 3.36. The number of esters is 1. The minimum atomic E-state index is -0.281. The van der Waals surface area contributed by atoms with E-state index in [4.69, 9.17) is 9.47 Å². The van der Waals surface area contributed by atoms with E-state index in [9.17, 15) is 4.79 Å². The van der Waals surface area contributed by atoms with Gasteiger partial charge in [0.2, 0.25) is 0 Å². The fourth-order valence-corrected chi connectivity index (χ4v) is 2.19. The van der Waals surface area contributed by atoms with E-state index in [1.54, 1.807) is 0 Å². The van der Waals surface area contributed by atoms with Crippen LogP contribution in [-0.4, -0.2) is 18.7 Å². The van der Waals surface area contributed by atoms with Crippen molar-refractivity contribution in [2.24, 2.45) is 0 Å². The number of cyclic esters (lactones) is 1. The van der Waals surface area contributed by atoms with E-state index < -0.39 is 0 Å². The Kier molecular flexibility index (Phi) is 5.66. The third-order valence-corrected chi connectivity index (χ3v) is 3.36. The normalized spacial score (nSPS) is 17.9. The number of carbonyl (C=O) groups is 1. The van der Waals surface area contributed by atoms with E-state index in [0.29, 0.717) is 6.61 Å². The van der Waals surface area contributed by atoms with Crippen molar-refractivity contribution in [3.8, 4) is 5.75 Å². The van der Waals surface area contributed by atoms with Crippen LogP contribution in [0.4, 0.5) is 0 Å². The van der Waals surface area contributed by atoms with Gasteiger partial charge >= 0.3 is 5.97 Å². The number of rotatable bonds is 7. The number of unbranched alkanes of at least 4 members (excludes halogenated alkanes) is 2. The summed E-state index contributed by atoms with van der Waals surface area (Å²) in [7, 11) is 0. The van der Waals surface area contributed by atoms with Gasteiger partial charge in [0, 0.05) is 12.5 Å². The predicted molar refractivity (Wildman–Crippen MR) is 78.8 cm³/mol. The molecule has 0 bridgehead atoms. The SMILES string of the molecule is CCCCCc1ccc(OC[C@H]2CC=CC(=O)O2)cc1. The number of aryl methyl sites for hydroxylation is 1. The van der Waals surface area contributed by atoms with Gasteiger partial charge in [0.25, 0.3) is 0 Å². The average Bonchev–Trinajstić information content (AvgIpc) is 2.47. The first kappa shape index (κ1) is 14.6. The van der Waals surface area contributed by atoms with Gasteiger partial charge in [0.05, 0.1) is 0 Å². The summed E-state index contributed by atoms with van der Waals surface area (Å²) in [6.07, 6.45) is 8.73. The van der Waals surface area contributed by atoms with E-state index in [1.807, 2.05) is 18.2 Å². The van der Waals surface area contributed by atoms with Crippen molar-refractivity contribution in [2.45, 2.75) is 45.1 Å². The molecule has 1 aliphatic heterocycles. The second-order valence-corrected chi connectivity index (χ2v) is 5.11. The van der Waals surface area contributed by atoms with Gasteiger partial charge in [-0.25, -0.2) is 4.79 Å². The van der Waals surface area contributed by atoms with E-state index in [2.05, 4.69) is 19.1 Å². The van der Waals surface area contributed by atoms with Crippen molar-refractivity contribution in [2.75, 3.05) is 6.61 Å². The minimum Gasteiger partial charge on any atom is -0.490 e. The second kappa shape index (κ2) is 7.73. The molecule has 20 heavy (non-hydrogen) atoms. The molecule has 0 aromatic heterocycles. The average molecular weight is 274 g/mol. The zero-order chi connectivity index (χ0) is 14.2. The zero-order valence-electron chi connectivity index (χ0n) is 12.0. The van der Waals surface area contributed by atoms with Crippen LogP contribution in [0.5, 0.6) is 5.75 Å². The highest BCUT2D eigenvalue weighted by Crippen LogP contribution is 2.16. The standard InChI is InChI=1S/C17H22O3/c1-2-3-4-6-14-9-11-15(12-10-14)19-13-16-7-5-8-17(18)20-16/h5,8-12,16H,2-4,6-7,13H2,1H3/t16-/m1/s1. The molecule has 0 aliphatic carbocycles. The number of hydrogen-bond acceptors (Lipinski definition) is 3. The Bertz CT molecular complexity index is 448. The molecule has 0 unspecified atom stereocenters. The Morgan fingerprint density at radius 1 is 1.25 bits per heavy atom. The minimum absolute atomic E-state index is 0.170. The molecule has 1 aromatic carbocycles. The van der Waals surface area contributed by atoms with Gasteiger partial charge in [-0.05, 0) is 30.5 Å². The Morgan fingerprint density at radius 2 is 2.05 bits per heavy atom.